The van der Waals surface area contributed by atoms with E-state index in [1.54, 1.807) is 0 Å². The lowest BCUT2D eigenvalue weighted by atomic mass is 9.87. The third kappa shape index (κ3) is 4.81. The highest BCUT2D eigenvalue weighted by Crippen LogP contribution is 2.24. The van der Waals surface area contributed by atoms with Crippen LogP contribution in [0.2, 0.25) is 0 Å². The van der Waals surface area contributed by atoms with Crippen LogP contribution in [0.3, 0.4) is 0 Å². The van der Waals surface area contributed by atoms with Crippen LogP contribution in [0.15, 0.2) is 4.52 Å². The van der Waals surface area contributed by atoms with Gasteiger partial charge >= 0.3 is 0 Å². The van der Waals surface area contributed by atoms with E-state index in [1.807, 2.05) is 13.8 Å². The van der Waals surface area contributed by atoms with Crippen molar-refractivity contribution in [1.82, 2.24) is 15.5 Å². The SMILES string of the molecule is CC(C)c1noc(CCCNC(=O)C2CCC(O)CC2)n1. The molecular formula is C15H25N3O3. The van der Waals surface area contributed by atoms with Crippen molar-refractivity contribution in [1.29, 1.82) is 0 Å². The zero-order valence-electron chi connectivity index (χ0n) is 12.8. The van der Waals surface area contributed by atoms with Crippen molar-refractivity contribution in [2.45, 2.75) is 64.4 Å². The topological polar surface area (TPSA) is 88.2 Å². The summed E-state index contributed by atoms with van der Waals surface area (Å²) < 4.78 is 5.16. The first kappa shape index (κ1) is 15.9. The minimum absolute atomic E-state index is 0.0596. The molecule has 1 heterocycles. The molecule has 0 unspecified atom stereocenters. The Kier molecular flexibility index (Phi) is 5.73. The number of nitrogens with zero attached hydrogens (tertiary/aromatic N) is 2. The van der Waals surface area contributed by atoms with Gasteiger partial charge in [0.25, 0.3) is 0 Å². The lowest BCUT2D eigenvalue weighted by Gasteiger charge is -2.24. The van der Waals surface area contributed by atoms with Crippen LogP contribution in [0, 0.1) is 5.92 Å². The van der Waals surface area contributed by atoms with Gasteiger partial charge in [-0.05, 0) is 32.1 Å². The van der Waals surface area contributed by atoms with E-state index in [1.165, 1.54) is 0 Å². The van der Waals surface area contributed by atoms with E-state index in [4.69, 9.17) is 4.52 Å². The maximum absolute atomic E-state index is 12.0. The summed E-state index contributed by atoms with van der Waals surface area (Å²) in [5, 5.41) is 16.3. The van der Waals surface area contributed by atoms with Gasteiger partial charge < -0.3 is 14.9 Å². The van der Waals surface area contributed by atoms with Gasteiger partial charge in [0.15, 0.2) is 5.82 Å². The monoisotopic (exact) mass is 295 g/mol. The van der Waals surface area contributed by atoms with Crippen molar-refractivity contribution in [3.63, 3.8) is 0 Å². The molecule has 0 spiro atoms. The molecule has 1 aromatic rings. The molecule has 21 heavy (non-hydrogen) atoms. The summed E-state index contributed by atoms with van der Waals surface area (Å²) in [6.07, 6.45) is 4.30. The van der Waals surface area contributed by atoms with Gasteiger partial charge in [0, 0.05) is 24.8 Å². The van der Waals surface area contributed by atoms with E-state index in [9.17, 15) is 9.90 Å². The lowest BCUT2D eigenvalue weighted by Crippen LogP contribution is -2.34. The number of aryl methyl sites for hydroxylation is 1. The molecule has 6 nitrogen and oxygen atoms in total. The molecule has 2 N–H and O–H groups in total. The molecule has 1 aliphatic carbocycles. The number of carbonyl (C=O) groups excluding carboxylic acids is 1. The molecule has 0 bridgehead atoms. The van der Waals surface area contributed by atoms with Gasteiger partial charge in [-0.2, -0.15) is 4.98 Å². The third-order valence-corrected chi connectivity index (χ3v) is 3.93. The zero-order chi connectivity index (χ0) is 15.2. The van der Waals surface area contributed by atoms with Gasteiger partial charge in [-0.15, -0.1) is 0 Å². The number of amides is 1. The average molecular weight is 295 g/mol. The molecule has 1 fully saturated rings. The van der Waals surface area contributed by atoms with Gasteiger partial charge in [-0.1, -0.05) is 19.0 Å². The van der Waals surface area contributed by atoms with Crippen LogP contribution >= 0.6 is 0 Å². The van der Waals surface area contributed by atoms with Crippen LogP contribution in [0.1, 0.15) is 63.6 Å². The highest BCUT2D eigenvalue weighted by Gasteiger charge is 2.24. The second kappa shape index (κ2) is 7.54. The number of hydrogen-bond acceptors (Lipinski definition) is 5. The highest BCUT2D eigenvalue weighted by molar-refractivity contribution is 5.78. The quantitative estimate of drug-likeness (QED) is 0.781. The number of aliphatic hydroxyl groups is 1. The lowest BCUT2D eigenvalue weighted by molar-refractivity contribution is -0.126. The standard InChI is InChI=1S/C15H25N3O3/c1-10(2)14-17-13(21-18-14)4-3-9-16-15(20)11-5-7-12(19)8-6-11/h10-12,19H,3-9H2,1-2H3,(H,16,20). The van der Waals surface area contributed by atoms with Crippen LogP contribution in [-0.2, 0) is 11.2 Å². The maximum atomic E-state index is 12.0. The number of aromatic nitrogens is 2. The molecule has 1 saturated carbocycles. The molecule has 6 heteroatoms. The Morgan fingerprint density at radius 2 is 2.10 bits per heavy atom. The van der Waals surface area contributed by atoms with E-state index in [0.717, 1.165) is 37.9 Å². The Hall–Kier alpha value is -1.43. The molecule has 0 aliphatic heterocycles. The predicted octanol–water partition coefficient (Wildman–Crippen LogP) is 1.79. The average Bonchev–Trinajstić information content (AvgIpc) is 2.93. The fraction of sp³-hybridized carbons (Fsp3) is 0.800. The van der Waals surface area contributed by atoms with Gasteiger partial charge in [0.1, 0.15) is 0 Å². The van der Waals surface area contributed by atoms with Gasteiger partial charge in [-0.25, -0.2) is 0 Å². The fourth-order valence-corrected chi connectivity index (χ4v) is 2.54. The Balaban J connectivity index is 1.63. The number of aliphatic hydroxyl groups excluding tert-OH is 1. The molecular weight excluding hydrogens is 270 g/mol. The first-order valence-corrected chi connectivity index (χ1v) is 7.84. The highest BCUT2D eigenvalue weighted by atomic mass is 16.5. The van der Waals surface area contributed by atoms with Crippen molar-refractivity contribution < 1.29 is 14.4 Å². The summed E-state index contributed by atoms with van der Waals surface area (Å²) in [6, 6.07) is 0. The van der Waals surface area contributed by atoms with E-state index in [2.05, 4.69) is 15.5 Å². The Morgan fingerprint density at radius 3 is 2.71 bits per heavy atom. The third-order valence-electron chi connectivity index (χ3n) is 3.93. The van der Waals surface area contributed by atoms with Crippen molar-refractivity contribution in [3.8, 4) is 0 Å². The van der Waals surface area contributed by atoms with E-state index >= 15 is 0 Å². The summed E-state index contributed by atoms with van der Waals surface area (Å²) in [5.41, 5.74) is 0. The largest absolute Gasteiger partial charge is 0.393 e. The second-order valence-corrected chi connectivity index (χ2v) is 6.10. The minimum Gasteiger partial charge on any atom is -0.393 e. The summed E-state index contributed by atoms with van der Waals surface area (Å²) in [5.74, 6) is 1.80. The molecule has 1 aromatic heterocycles. The Labute approximate surface area is 125 Å². The van der Waals surface area contributed by atoms with E-state index < -0.39 is 0 Å². The van der Waals surface area contributed by atoms with Crippen LogP contribution in [0.5, 0.6) is 0 Å². The number of nitrogens with one attached hydrogen (secondary N) is 1. The Bertz CT molecular complexity index is 451. The minimum atomic E-state index is -0.221. The normalized spacial score (nSPS) is 22.5. The van der Waals surface area contributed by atoms with Gasteiger partial charge in [0.2, 0.25) is 11.8 Å². The molecule has 0 saturated heterocycles. The molecule has 1 amide bonds. The summed E-state index contributed by atoms with van der Waals surface area (Å²) in [4.78, 5) is 16.3. The van der Waals surface area contributed by atoms with E-state index in [0.29, 0.717) is 18.9 Å². The first-order valence-electron chi connectivity index (χ1n) is 7.84. The predicted molar refractivity (Wildman–Crippen MR) is 77.7 cm³/mol. The zero-order valence-corrected chi connectivity index (χ0v) is 12.8. The maximum Gasteiger partial charge on any atom is 0.226 e. The van der Waals surface area contributed by atoms with Crippen molar-refractivity contribution >= 4 is 5.91 Å². The molecule has 0 aromatic carbocycles. The molecule has 0 radical (unpaired) electrons. The number of hydrogen-bond donors (Lipinski definition) is 2. The molecule has 0 atom stereocenters. The van der Waals surface area contributed by atoms with E-state index in [-0.39, 0.29) is 23.8 Å². The van der Waals surface area contributed by atoms with Crippen molar-refractivity contribution in [3.05, 3.63) is 11.7 Å². The van der Waals surface area contributed by atoms with Crippen molar-refractivity contribution in [2.75, 3.05) is 6.54 Å². The summed E-state index contributed by atoms with van der Waals surface area (Å²) >= 11 is 0. The van der Waals surface area contributed by atoms with Crippen molar-refractivity contribution in [2.24, 2.45) is 5.92 Å². The number of carbonyl (C=O) groups is 1. The summed E-state index contributed by atoms with van der Waals surface area (Å²) in [7, 11) is 0. The van der Waals surface area contributed by atoms with Crippen LogP contribution in [-0.4, -0.2) is 33.8 Å². The van der Waals surface area contributed by atoms with Crippen LogP contribution in [0.4, 0.5) is 0 Å². The fourth-order valence-electron chi connectivity index (χ4n) is 2.54. The van der Waals surface area contributed by atoms with Crippen LogP contribution < -0.4 is 5.32 Å². The smallest absolute Gasteiger partial charge is 0.226 e. The molecule has 118 valence electrons. The van der Waals surface area contributed by atoms with Crippen LogP contribution in [0.25, 0.3) is 0 Å². The first-order chi connectivity index (χ1) is 10.1. The summed E-state index contributed by atoms with van der Waals surface area (Å²) in [6.45, 7) is 4.67. The molecule has 2 rings (SSSR count). The second-order valence-electron chi connectivity index (χ2n) is 6.10. The number of rotatable bonds is 6. The molecule has 1 aliphatic rings. The van der Waals surface area contributed by atoms with Gasteiger partial charge in [0.05, 0.1) is 6.10 Å². The van der Waals surface area contributed by atoms with Gasteiger partial charge in [-0.3, -0.25) is 4.79 Å². The Morgan fingerprint density at radius 1 is 1.38 bits per heavy atom.